The number of aliphatic hydroxyl groups is 1. The van der Waals surface area contributed by atoms with Gasteiger partial charge in [-0.05, 0) is 17.6 Å². The van der Waals surface area contributed by atoms with Gasteiger partial charge in [0, 0.05) is 12.6 Å². The number of benzene rings is 1. The molecule has 7 nitrogen and oxygen atoms in total. The van der Waals surface area contributed by atoms with Crippen LogP contribution in [-0.4, -0.2) is 36.8 Å². The van der Waals surface area contributed by atoms with Crippen LogP contribution in [0.2, 0.25) is 0 Å². The smallest absolute Gasteiger partial charge is 0.257 e. The van der Waals surface area contributed by atoms with Gasteiger partial charge in [0.1, 0.15) is 5.56 Å². The van der Waals surface area contributed by atoms with Gasteiger partial charge in [-0.25, -0.2) is 4.98 Å². The van der Waals surface area contributed by atoms with Crippen LogP contribution in [-0.2, 0) is 6.54 Å². The summed E-state index contributed by atoms with van der Waals surface area (Å²) in [5, 5.41) is 26.7. The fraction of sp³-hybridized carbons (Fsp3) is 0.150. The number of aromatic hydroxyl groups is 1. The van der Waals surface area contributed by atoms with Crippen molar-refractivity contribution < 1.29 is 15.0 Å². The van der Waals surface area contributed by atoms with E-state index in [0.29, 0.717) is 18.7 Å². The summed E-state index contributed by atoms with van der Waals surface area (Å²) >= 11 is 0. The molecule has 2 heterocycles. The number of nitrogens with one attached hydrogen (secondary N) is 1. The van der Waals surface area contributed by atoms with E-state index >= 15 is 0 Å². The summed E-state index contributed by atoms with van der Waals surface area (Å²) in [4.78, 5) is 17.1. The summed E-state index contributed by atoms with van der Waals surface area (Å²) in [6.07, 6.45) is 6.61. The summed E-state index contributed by atoms with van der Waals surface area (Å²) in [7, 11) is 0. The molecule has 0 aliphatic heterocycles. The number of amides is 1. The van der Waals surface area contributed by atoms with Gasteiger partial charge in [-0.1, -0.05) is 48.6 Å². The first-order valence-corrected chi connectivity index (χ1v) is 8.58. The van der Waals surface area contributed by atoms with Gasteiger partial charge in [0.25, 0.3) is 5.91 Å². The van der Waals surface area contributed by atoms with Crippen LogP contribution in [0.25, 0.3) is 11.2 Å². The maximum Gasteiger partial charge on any atom is 0.257 e. The average Bonchev–Trinajstić information content (AvgIpc) is 3.12. The molecule has 7 heteroatoms. The van der Waals surface area contributed by atoms with Crippen molar-refractivity contribution in [2.24, 2.45) is 0 Å². The van der Waals surface area contributed by atoms with Crippen molar-refractivity contribution in [1.82, 2.24) is 19.9 Å². The molecule has 1 atom stereocenters. The molecule has 1 unspecified atom stereocenters. The summed E-state index contributed by atoms with van der Waals surface area (Å²) in [6, 6.07) is 11.1. The SMILES string of the molecule is O=C(NCc1ccccc1)c1cnn2c(O)cc(C3=CCC(O)C=C3)nc12. The average molecular weight is 362 g/mol. The number of fused-ring (bicyclic) bond motifs is 1. The van der Waals surface area contributed by atoms with E-state index < -0.39 is 6.10 Å². The van der Waals surface area contributed by atoms with Crippen molar-refractivity contribution in [2.45, 2.75) is 19.1 Å². The van der Waals surface area contributed by atoms with Crippen molar-refractivity contribution >= 4 is 17.1 Å². The van der Waals surface area contributed by atoms with E-state index in [2.05, 4.69) is 15.4 Å². The molecule has 4 rings (SSSR count). The number of hydrogen-bond acceptors (Lipinski definition) is 5. The molecule has 0 spiro atoms. The fourth-order valence-electron chi connectivity index (χ4n) is 2.93. The highest BCUT2D eigenvalue weighted by Crippen LogP contribution is 2.25. The van der Waals surface area contributed by atoms with Gasteiger partial charge in [-0.3, -0.25) is 4.79 Å². The molecule has 2 aromatic heterocycles. The van der Waals surface area contributed by atoms with Gasteiger partial charge < -0.3 is 15.5 Å². The van der Waals surface area contributed by atoms with Crippen molar-refractivity contribution in [1.29, 1.82) is 0 Å². The Morgan fingerprint density at radius 1 is 1.30 bits per heavy atom. The second-order valence-electron chi connectivity index (χ2n) is 6.28. The molecule has 0 saturated heterocycles. The van der Waals surface area contributed by atoms with Crippen LogP contribution in [0.4, 0.5) is 0 Å². The molecule has 3 N–H and O–H groups in total. The lowest BCUT2D eigenvalue weighted by Crippen LogP contribution is -2.22. The number of hydrogen-bond donors (Lipinski definition) is 3. The van der Waals surface area contributed by atoms with Gasteiger partial charge in [-0.2, -0.15) is 9.61 Å². The van der Waals surface area contributed by atoms with E-state index in [1.807, 2.05) is 36.4 Å². The molecule has 0 bridgehead atoms. The van der Waals surface area contributed by atoms with Crippen molar-refractivity contribution in [2.75, 3.05) is 0 Å². The number of aliphatic hydroxyl groups excluding tert-OH is 1. The molecular weight excluding hydrogens is 344 g/mol. The minimum absolute atomic E-state index is 0.113. The molecule has 136 valence electrons. The Labute approximate surface area is 155 Å². The summed E-state index contributed by atoms with van der Waals surface area (Å²) in [5.41, 5.74) is 2.82. The standard InChI is InChI=1S/C20H18N4O3/c25-15-8-6-14(7-9-15)17-10-18(26)24-19(23-17)16(12-22-24)20(27)21-11-13-4-2-1-3-5-13/h1-8,10,12,15,25-26H,9,11H2,(H,21,27). The third kappa shape index (κ3) is 3.45. The van der Waals surface area contributed by atoms with E-state index in [1.165, 1.54) is 16.8 Å². The minimum Gasteiger partial charge on any atom is -0.493 e. The molecule has 1 amide bonds. The van der Waals surface area contributed by atoms with Crippen LogP contribution in [0.5, 0.6) is 5.88 Å². The van der Waals surface area contributed by atoms with Crippen LogP contribution >= 0.6 is 0 Å². The predicted octanol–water partition coefficient (Wildman–Crippen LogP) is 2.07. The Hall–Kier alpha value is -3.45. The molecule has 1 aliphatic rings. The molecule has 3 aromatic rings. The van der Waals surface area contributed by atoms with Crippen molar-refractivity contribution in [3.63, 3.8) is 0 Å². The Kier molecular flexibility index (Phi) is 4.43. The lowest BCUT2D eigenvalue weighted by atomic mass is 10.0. The van der Waals surface area contributed by atoms with Gasteiger partial charge in [0.15, 0.2) is 5.65 Å². The first kappa shape index (κ1) is 17.0. The van der Waals surface area contributed by atoms with Crippen molar-refractivity contribution in [3.05, 3.63) is 77.6 Å². The summed E-state index contributed by atoms with van der Waals surface area (Å²) < 4.78 is 1.23. The highest BCUT2D eigenvalue weighted by molar-refractivity contribution is 5.99. The summed E-state index contributed by atoms with van der Waals surface area (Å²) in [5.74, 6) is -0.431. The normalized spacial score (nSPS) is 16.3. The first-order chi connectivity index (χ1) is 13.1. The van der Waals surface area contributed by atoms with Gasteiger partial charge in [-0.15, -0.1) is 0 Å². The topological polar surface area (TPSA) is 99.8 Å². The molecule has 1 aromatic carbocycles. The van der Waals surface area contributed by atoms with E-state index in [4.69, 9.17) is 0 Å². The van der Waals surface area contributed by atoms with Gasteiger partial charge in [0.2, 0.25) is 5.88 Å². The number of carbonyl (C=O) groups excluding carboxylic acids is 1. The molecule has 1 aliphatic carbocycles. The van der Waals surface area contributed by atoms with Crippen LogP contribution < -0.4 is 5.32 Å². The Morgan fingerprint density at radius 2 is 2.11 bits per heavy atom. The number of carbonyl (C=O) groups is 1. The molecule has 27 heavy (non-hydrogen) atoms. The van der Waals surface area contributed by atoms with E-state index in [0.717, 1.165) is 11.1 Å². The number of allylic oxidation sites excluding steroid dienone is 2. The van der Waals surface area contributed by atoms with Crippen molar-refractivity contribution in [3.8, 4) is 5.88 Å². The third-order valence-corrected chi connectivity index (χ3v) is 4.37. The lowest BCUT2D eigenvalue weighted by molar-refractivity contribution is 0.0952. The number of nitrogens with zero attached hydrogens (tertiary/aromatic N) is 3. The third-order valence-electron chi connectivity index (χ3n) is 4.37. The maximum atomic E-state index is 12.6. The molecular formula is C20H18N4O3. The molecule has 0 fully saturated rings. The van der Waals surface area contributed by atoms with E-state index in [9.17, 15) is 15.0 Å². The fourth-order valence-corrected chi connectivity index (χ4v) is 2.93. The highest BCUT2D eigenvalue weighted by Gasteiger charge is 2.18. The van der Waals surface area contributed by atoms with E-state index in [1.54, 1.807) is 12.2 Å². The van der Waals surface area contributed by atoms with Crippen LogP contribution in [0.15, 0.2) is 60.8 Å². The monoisotopic (exact) mass is 362 g/mol. The number of rotatable bonds is 4. The van der Waals surface area contributed by atoms with Crippen LogP contribution in [0, 0.1) is 0 Å². The zero-order valence-electron chi connectivity index (χ0n) is 14.4. The number of aromatic nitrogens is 3. The van der Waals surface area contributed by atoms with E-state index in [-0.39, 0.29) is 23.0 Å². The highest BCUT2D eigenvalue weighted by atomic mass is 16.3. The molecule has 0 radical (unpaired) electrons. The largest absolute Gasteiger partial charge is 0.493 e. The zero-order valence-corrected chi connectivity index (χ0v) is 14.4. The quantitative estimate of drug-likeness (QED) is 0.660. The minimum atomic E-state index is -0.514. The lowest BCUT2D eigenvalue weighted by Gasteiger charge is -2.11. The van der Waals surface area contributed by atoms with Crippen LogP contribution in [0.3, 0.4) is 0 Å². The zero-order chi connectivity index (χ0) is 18.8. The Balaban J connectivity index is 1.63. The second-order valence-corrected chi connectivity index (χ2v) is 6.28. The Morgan fingerprint density at radius 3 is 2.85 bits per heavy atom. The first-order valence-electron chi connectivity index (χ1n) is 8.58. The van der Waals surface area contributed by atoms with Gasteiger partial charge in [0.05, 0.1) is 18.0 Å². The Bertz CT molecular complexity index is 1050. The van der Waals surface area contributed by atoms with Crippen LogP contribution in [0.1, 0.15) is 28.0 Å². The maximum absolute atomic E-state index is 12.6. The predicted molar refractivity (Wildman–Crippen MR) is 100 cm³/mol. The summed E-state index contributed by atoms with van der Waals surface area (Å²) in [6.45, 7) is 0.383. The second kappa shape index (κ2) is 7.05. The molecule has 0 saturated carbocycles. The van der Waals surface area contributed by atoms with Gasteiger partial charge >= 0.3 is 0 Å².